The molecule has 0 radical (unpaired) electrons. The van der Waals surface area contributed by atoms with Gasteiger partial charge < -0.3 is 20.6 Å². The van der Waals surface area contributed by atoms with E-state index in [9.17, 15) is 14.7 Å². The second-order valence-corrected chi connectivity index (χ2v) is 6.37. The predicted molar refractivity (Wildman–Crippen MR) is 75.6 cm³/mol. The molecule has 0 unspecified atom stereocenters. The molecule has 20 heavy (non-hydrogen) atoms. The van der Waals surface area contributed by atoms with Gasteiger partial charge in [0, 0.05) is 12.1 Å². The average Bonchev–Trinajstić information content (AvgIpc) is 2.81. The Hall–Kier alpha value is -1.30. The number of amides is 2. The van der Waals surface area contributed by atoms with Crippen molar-refractivity contribution in [3.05, 3.63) is 0 Å². The van der Waals surface area contributed by atoms with Crippen LogP contribution in [0.5, 0.6) is 0 Å². The molecule has 0 aromatic carbocycles. The van der Waals surface area contributed by atoms with E-state index in [-0.39, 0.29) is 11.6 Å². The van der Waals surface area contributed by atoms with E-state index in [4.69, 9.17) is 0 Å². The molecule has 0 bridgehead atoms. The number of carboxylic acids is 1. The fourth-order valence-corrected chi connectivity index (χ4v) is 3.24. The maximum atomic E-state index is 12.0. The largest absolute Gasteiger partial charge is 0.480 e. The van der Waals surface area contributed by atoms with Crippen LogP contribution in [0.1, 0.15) is 44.9 Å². The number of hydrogen-bond acceptors (Lipinski definition) is 3. The molecule has 0 saturated heterocycles. The van der Waals surface area contributed by atoms with Crippen molar-refractivity contribution in [2.75, 3.05) is 20.6 Å². The van der Waals surface area contributed by atoms with E-state index >= 15 is 0 Å². The molecule has 0 spiro atoms. The summed E-state index contributed by atoms with van der Waals surface area (Å²) in [5, 5.41) is 14.7. The van der Waals surface area contributed by atoms with E-state index in [2.05, 4.69) is 15.5 Å². The van der Waals surface area contributed by atoms with E-state index in [0.29, 0.717) is 19.4 Å². The molecule has 2 saturated carbocycles. The lowest BCUT2D eigenvalue weighted by Gasteiger charge is -2.39. The number of likely N-dealkylation sites (N-methyl/N-ethyl adjacent to an activating group) is 1. The van der Waals surface area contributed by atoms with E-state index in [1.54, 1.807) is 0 Å². The molecule has 2 fully saturated rings. The molecule has 6 heteroatoms. The zero-order valence-electron chi connectivity index (χ0n) is 12.4. The smallest absolute Gasteiger partial charge is 0.329 e. The van der Waals surface area contributed by atoms with Gasteiger partial charge in [-0.25, -0.2) is 9.59 Å². The minimum atomic E-state index is -1.04. The van der Waals surface area contributed by atoms with Crippen LogP contribution in [0.25, 0.3) is 0 Å². The number of nitrogens with one attached hydrogen (secondary N) is 2. The average molecular weight is 283 g/mol. The number of carbonyl (C=O) groups is 2. The molecule has 0 aromatic rings. The number of nitrogens with zero attached hydrogens (tertiary/aromatic N) is 1. The third-order valence-corrected chi connectivity index (χ3v) is 5.03. The third kappa shape index (κ3) is 2.75. The summed E-state index contributed by atoms with van der Waals surface area (Å²) in [6.45, 7) is 0.571. The van der Waals surface area contributed by atoms with E-state index < -0.39 is 11.5 Å². The Morgan fingerprint density at radius 2 is 1.70 bits per heavy atom. The minimum Gasteiger partial charge on any atom is -0.480 e. The molecule has 0 aromatic heterocycles. The van der Waals surface area contributed by atoms with Crippen LogP contribution in [0.3, 0.4) is 0 Å². The SMILES string of the molecule is CN(C)C1(CNC(=O)NC2(C(=O)O)CCC2)CCCC1. The molecule has 3 N–H and O–H groups in total. The Labute approximate surface area is 119 Å². The first-order valence-electron chi connectivity index (χ1n) is 7.37. The summed E-state index contributed by atoms with van der Waals surface area (Å²) in [6, 6.07) is -0.361. The summed E-state index contributed by atoms with van der Waals surface area (Å²) in [5.74, 6) is -0.929. The number of aliphatic carboxylic acids is 1. The lowest BCUT2D eigenvalue weighted by molar-refractivity contribution is -0.148. The van der Waals surface area contributed by atoms with Gasteiger partial charge in [-0.3, -0.25) is 0 Å². The van der Waals surface area contributed by atoms with Gasteiger partial charge >= 0.3 is 12.0 Å². The number of urea groups is 1. The first kappa shape index (κ1) is 15.1. The molecule has 2 amide bonds. The van der Waals surface area contributed by atoms with Crippen LogP contribution in [0.2, 0.25) is 0 Å². The van der Waals surface area contributed by atoms with Crippen molar-refractivity contribution in [1.82, 2.24) is 15.5 Å². The van der Waals surface area contributed by atoms with Crippen molar-refractivity contribution in [2.24, 2.45) is 0 Å². The van der Waals surface area contributed by atoms with Crippen molar-refractivity contribution in [2.45, 2.75) is 56.0 Å². The van der Waals surface area contributed by atoms with Gasteiger partial charge in [0.15, 0.2) is 0 Å². The van der Waals surface area contributed by atoms with Crippen molar-refractivity contribution in [3.63, 3.8) is 0 Å². The zero-order valence-corrected chi connectivity index (χ0v) is 12.4. The zero-order chi connectivity index (χ0) is 14.8. The van der Waals surface area contributed by atoms with Crippen LogP contribution in [0, 0.1) is 0 Å². The summed E-state index contributed by atoms with van der Waals surface area (Å²) >= 11 is 0. The van der Waals surface area contributed by atoms with E-state index in [1.165, 1.54) is 12.8 Å². The normalized spacial score (nSPS) is 23.1. The predicted octanol–water partition coefficient (Wildman–Crippen LogP) is 1.17. The molecule has 6 nitrogen and oxygen atoms in total. The van der Waals surface area contributed by atoms with Gasteiger partial charge in [-0.05, 0) is 46.2 Å². The molecule has 0 aliphatic heterocycles. The highest BCUT2D eigenvalue weighted by Crippen LogP contribution is 2.34. The Morgan fingerprint density at radius 3 is 2.10 bits per heavy atom. The van der Waals surface area contributed by atoms with Crippen LogP contribution in [0.4, 0.5) is 4.79 Å². The van der Waals surface area contributed by atoms with Gasteiger partial charge in [-0.1, -0.05) is 12.8 Å². The quantitative estimate of drug-likeness (QED) is 0.707. The minimum absolute atomic E-state index is 0.0212. The van der Waals surface area contributed by atoms with Crippen LogP contribution in [0.15, 0.2) is 0 Å². The second kappa shape index (κ2) is 5.60. The highest BCUT2D eigenvalue weighted by Gasteiger charge is 2.46. The fourth-order valence-electron chi connectivity index (χ4n) is 3.24. The van der Waals surface area contributed by atoms with Crippen LogP contribution in [-0.4, -0.2) is 53.7 Å². The van der Waals surface area contributed by atoms with Crippen molar-refractivity contribution < 1.29 is 14.7 Å². The van der Waals surface area contributed by atoms with Crippen molar-refractivity contribution in [3.8, 4) is 0 Å². The number of carboxylic acid groups (broad SMARTS) is 1. The summed E-state index contributed by atoms with van der Waals surface area (Å²) in [4.78, 5) is 25.4. The first-order chi connectivity index (χ1) is 9.40. The highest BCUT2D eigenvalue weighted by molar-refractivity contribution is 5.87. The van der Waals surface area contributed by atoms with Crippen LogP contribution >= 0.6 is 0 Å². The van der Waals surface area contributed by atoms with Gasteiger partial charge in [0.25, 0.3) is 0 Å². The van der Waals surface area contributed by atoms with Crippen LogP contribution in [-0.2, 0) is 4.79 Å². The Kier molecular flexibility index (Phi) is 4.22. The van der Waals surface area contributed by atoms with Gasteiger partial charge in [0.05, 0.1) is 0 Å². The third-order valence-electron chi connectivity index (χ3n) is 5.03. The van der Waals surface area contributed by atoms with E-state index in [1.807, 2.05) is 14.1 Å². The molecule has 2 aliphatic rings. The number of carbonyl (C=O) groups excluding carboxylic acids is 1. The van der Waals surface area contributed by atoms with Gasteiger partial charge in [0.2, 0.25) is 0 Å². The van der Waals surface area contributed by atoms with Gasteiger partial charge in [0.1, 0.15) is 5.54 Å². The molecule has 0 heterocycles. The fraction of sp³-hybridized carbons (Fsp3) is 0.857. The molecular weight excluding hydrogens is 258 g/mol. The monoisotopic (exact) mass is 283 g/mol. The first-order valence-corrected chi connectivity index (χ1v) is 7.37. The van der Waals surface area contributed by atoms with Gasteiger partial charge in [-0.15, -0.1) is 0 Å². The summed E-state index contributed by atoms with van der Waals surface area (Å²) < 4.78 is 0. The van der Waals surface area contributed by atoms with Crippen molar-refractivity contribution >= 4 is 12.0 Å². The molecule has 2 aliphatic carbocycles. The summed E-state index contributed by atoms with van der Waals surface area (Å²) in [7, 11) is 4.07. The topological polar surface area (TPSA) is 81.7 Å². The van der Waals surface area contributed by atoms with Crippen molar-refractivity contribution in [1.29, 1.82) is 0 Å². The van der Waals surface area contributed by atoms with Crippen LogP contribution < -0.4 is 10.6 Å². The second-order valence-electron chi connectivity index (χ2n) is 6.37. The summed E-state index contributed by atoms with van der Waals surface area (Å²) in [5.41, 5.74) is -1.02. The maximum absolute atomic E-state index is 12.0. The molecular formula is C14H25N3O3. The Bertz CT molecular complexity index is 385. The lowest BCUT2D eigenvalue weighted by atomic mass is 9.77. The maximum Gasteiger partial charge on any atom is 0.329 e. The molecule has 114 valence electrons. The highest BCUT2D eigenvalue weighted by atomic mass is 16.4. The summed E-state index contributed by atoms with van der Waals surface area (Å²) in [6.07, 6.45) is 6.41. The number of rotatable bonds is 5. The molecule has 2 rings (SSSR count). The van der Waals surface area contributed by atoms with Gasteiger partial charge in [-0.2, -0.15) is 0 Å². The standard InChI is InChI=1S/C14H25N3O3/c1-17(2)13(6-3-4-7-13)10-15-12(20)16-14(11(18)19)8-5-9-14/h3-10H2,1-2H3,(H,18,19)(H2,15,16,20). The Morgan fingerprint density at radius 1 is 1.10 bits per heavy atom. The number of hydrogen-bond donors (Lipinski definition) is 3. The molecule has 0 atom stereocenters. The Balaban J connectivity index is 1.87. The lowest BCUT2D eigenvalue weighted by Crippen LogP contribution is -2.62. The van der Waals surface area contributed by atoms with E-state index in [0.717, 1.165) is 19.3 Å².